The van der Waals surface area contributed by atoms with Gasteiger partial charge in [0.1, 0.15) is 29.6 Å². The largest absolute Gasteiger partial charge is 0.495 e. The van der Waals surface area contributed by atoms with Crippen molar-refractivity contribution < 1.29 is 28.2 Å². The standard InChI is InChI=1S/C38H49N5O6/c1-24-21-42(18-19-47-24)38(45)49-31-12-10-29(11-13-31)37(44)43(35-20-30(16-17-39-35)33-23-48-36(41-33)28-8-9-28)22-26-4-6-27(7-5-26)32-14-15-34(46-3)25(2)40-32/h14-17,20,23-24,26-29,31H,4-13,18-19,21-22H2,1-3H3. The molecule has 0 spiro atoms. The molecule has 1 unspecified atom stereocenters. The second-order valence-electron chi connectivity index (χ2n) is 14.4. The summed E-state index contributed by atoms with van der Waals surface area (Å²) in [6, 6.07) is 8.03. The van der Waals surface area contributed by atoms with Crippen LogP contribution in [0.15, 0.2) is 41.1 Å². The first kappa shape index (κ1) is 33.5. The predicted octanol–water partition coefficient (Wildman–Crippen LogP) is 7.05. The van der Waals surface area contributed by atoms with Crippen LogP contribution in [0.4, 0.5) is 10.6 Å². The van der Waals surface area contributed by atoms with Crippen LogP contribution in [0.2, 0.25) is 0 Å². The van der Waals surface area contributed by atoms with Crippen LogP contribution < -0.4 is 9.64 Å². The third kappa shape index (κ3) is 7.92. The van der Waals surface area contributed by atoms with Crippen molar-refractivity contribution in [3.05, 3.63) is 54.0 Å². The van der Waals surface area contributed by atoms with Crippen LogP contribution in [0, 0.1) is 18.8 Å². The third-order valence-corrected chi connectivity index (χ3v) is 10.8. The highest BCUT2D eigenvalue weighted by Crippen LogP contribution is 2.41. The molecule has 2 amide bonds. The maximum Gasteiger partial charge on any atom is 0.410 e. The number of aryl methyl sites for hydroxylation is 1. The molecule has 11 nitrogen and oxygen atoms in total. The van der Waals surface area contributed by atoms with Crippen molar-refractivity contribution in [3.63, 3.8) is 0 Å². The topological polar surface area (TPSA) is 120 Å². The van der Waals surface area contributed by atoms with Gasteiger partial charge < -0.3 is 23.5 Å². The molecular formula is C38H49N5O6. The molecule has 0 N–H and O–H groups in total. The van der Waals surface area contributed by atoms with Crippen LogP contribution in [0.25, 0.3) is 11.3 Å². The fraction of sp³-hybridized carbons (Fsp3) is 0.605. The van der Waals surface area contributed by atoms with E-state index in [0.717, 1.165) is 72.8 Å². The van der Waals surface area contributed by atoms with Gasteiger partial charge in [-0.05, 0) is 108 Å². The van der Waals surface area contributed by atoms with Crippen molar-refractivity contribution in [2.24, 2.45) is 11.8 Å². The van der Waals surface area contributed by atoms with E-state index in [1.165, 1.54) is 0 Å². The molecule has 1 aliphatic heterocycles. The van der Waals surface area contributed by atoms with E-state index in [4.69, 9.17) is 33.6 Å². The minimum absolute atomic E-state index is 0.00986. The number of ether oxygens (including phenoxy) is 3. The van der Waals surface area contributed by atoms with Gasteiger partial charge in [0.2, 0.25) is 5.91 Å². The average molecular weight is 672 g/mol. The summed E-state index contributed by atoms with van der Waals surface area (Å²) in [7, 11) is 1.68. The predicted molar refractivity (Wildman–Crippen MR) is 184 cm³/mol. The van der Waals surface area contributed by atoms with Gasteiger partial charge in [0.25, 0.3) is 0 Å². The number of rotatable bonds is 9. The molecule has 1 atom stereocenters. The molecule has 0 aromatic carbocycles. The Morgan fingerprint density at radius 2 is 1.76 bits per heavy atom. The lowest BCUT2D eigenvalue weighted by Crippen LogP contribution is -2.46. The molecule has 3 saturated carbocycles. The summed E-state index contributed by atoms with van der Waals surface area (Å²) in [5.74, 6) is 3.39. The molecule has 7 rings (SSSR count). The van der Waals surface area contributed by atoms with Crippen molar-refractivity contribution in [1.29, 1.82) is 0 Å². The lowest BCUT2D eigenvalue weighted by atomic mass is 9.79. The highest BCUT2D eigenvalue weighted by Gasteiger charge is 2.35. The second-order valence-corrected chi connectivity index (χ2v) is 14.4. The summed E-state index contributed by atoms with van der Waals surface area (Å²) in [5, 5.41) is 0. The number of oxazole rings is 1. The highest BCUT2D eigenvalue weighted by molar-refractivity contribution is 5.94. The number of carbonyl (C=O) groups is 2. The number of methoxy groups -OCH3 is 1. The molecule has 11 heteroatoms. The number of hydrogen-bond donors (Lipinski definition) is 0. The van der Waals surface area contributed by atoms with E-state index >= 15 is 0 Å². The van der Waals surface area contributed by atoms with E-state index < -0.39 is 0 Å². The Morgan fingerprint density at radius 3 is 2.47 bits per heavy atom. The van der Waals surface area contributed by atoms with Gasteiger partial charge in [-0.25, -0.2) is 14.8 Å². The molecular weight excluding hydrogens is 622 g/mol. The summed E-state index contributed by atoms with van der Waals surface area (Å²) in [4.78, 5) is 45.3. The number of amides is 2. The normalized spacial score (nSPS) is 25.9. The van der Waals surface area contributed by atoms with E-state index in [2.05, 4.69) is 6.07 Å². The van der Waals surface area contributed by atoms with Crippen LogP contribution in [0.5, 0.6) is 5.75 Å². The average Bonchev–Trinajstić information content (AvgIpc) is 3.86. The van der Waals surface area contributed by atoms with Crippen molar-refractivity contribution in [3.8, 4) is 17.0 Å². The van der Waals surface area contributed by atoms with E-state index in [9.17, 15) is 9.59 Å². The molecule has 49 heavy (non-hydrogen) atoms. The minimum atomic E-state index is -0.277. The third-order valence-electron chi connectivity index (χ3n) is 10.8. The first-order chi connectivity index (χ1) is 23.8. The fourth-order valence-electron chi connectivity index (χ4n) is 7.72. The highest BCUT2D eigenvalue weighted by atomic mass is 16.6. The maximum atomic E-state index is 14.4. The monoisotopic (exact) mass is 671 g/mol. The van der Waals surface area contributed by atoms with Crippen LogP contribution >= 0.6 is 0 Å². The zero-order chi connectivity index (χ0) is 33.9. The van der Waals surface area contributed by atoms with Gasteiger partial charge in [0.05, 0.1) is 32.1 Å². The minimum Gasteiger partial charge on any atom is -0.495 e. The molecule has 262 valence electrons. The van der Waals surface area contributed by atoms with Crippen molar-refractivity contribution in [2.75, 3.05) is 38.3 Å². The molecule has 4 aliphatic rings. The Morgan fingerprint density at radius 1 is 0.980 bits per heavy atom. The Hall–Kier alpha value is -3.99. The van der Waals surface area contributed by atoms with Gasteiger partial charge in [-0.15, -0.1) is 0 Å². The Bertz CT molecular complexity index is 1610. The van der Waals surface area contributed by atoms with Gasteiger partial charge in [0.15, 0.2) is 5.89 Å². The SMILES string of the molecule is COc1ccc(C2CCC(CN(C(=O)C3CCC(OC(=O)N4CCOC(C)C4)CC3)c3cc(-c4coc(C5CC5)n4)ccn3)CC2)nc1C. The number of morpholine rings is 1. The molecule has 1 saturated heterocycles. The van der Waals surface area contributed by atoms with Gasteiger partial charge >= 0.3 is 6.09 Å². The summed E-state index contributed by atoms with van der Waals surface area (Å²) >= 11 is 0. The molecule has 3 aliphatic carbocycles. The fourth-order valence-corrected chi connectivity index (χ4v) is 7.72. The van der Waals surface area contributed by atoms with Crippen LogP contribution in [0.3, 0.4) is 0 Å². The first-order valence-corrected chi connectivity index (χ1v) is 18.2. The number of pyridine rings is 2. The van der Waals surface area contributed by atoms with Crippen molar-refractivity contribution >= 4 is 17.8 Å². The Kier molecular flexibility index (Phi) is 10.2. The number of nitrogens with zero attached hydrogens (tertiary/aromatic N) is 5. The van der Waals surface area contributed by atoms with E-state index in [0.29, 0.717) is 75.5 Å². The molecule has 3 aromatic rings. The number of hydrogen-bond acceptors (Lipinski definition) is 9. The van der Waals surface area contributed by atoms with Crippen LogP contribution in [-0.4, -0.2) is 77.4 Å². The lowest BCUT2D eigenvalue weighted by molar-refractivity contribution is -0.124. The molecule has 4 heterocycles. The summed E-state index contributed by atoms with van der Waals surface area (Å²) in [5.41, 5.74) is 3.72. The second kappa shape index (κ2) is 14.9. The van der Waals surface area contributed by atoms with E-state index in [1.807, 2.05) is 36.9 Å². The summed E-state index contributed by atoms with van der Waals surface area (Å²) < 4.78 is 22.7. The van der Waals surface area contributed by atoms with Crippen molar-refractivity contribution in [1.82, 2.24) is 19.9 Å². The van der Waals surface area contributed by atoms with Crippen LogP contribution in [0.1, 0.15) is 100 Å². The summed E-state index contributed by atoms with van der Waals surface area (Å²) in [6.07, 6.45) is 12.1. The molecule has 0 radical (unpaired) electrons. The van der Waals surface area contributed by atoms with Crippen molar-refractivity contribution in [2.45, 2.75) is 102 Å². The first-order valence-electron chi connectivity index (χ1n) is 18.2. The smallest absolute Gasteiger partial charge is 0.410 e. The van der Waals surface area contributed by atoms with Crippen LogP contribution in [-0.2, 0) is 14.3 Å². The molecule has 0 bridgehead atoms. The number of aromatic nitrogens is 3. The molecule has 3 aromatic heterocycles. The number of anilines is 1. The zero-order valence-corrected chi connectivity index (χ0v) is 29.0. The van der Waals surface area contributed by atoms with Gasteiger partial charge in [-0.1, -0.05) is 0 Å². The van der Waals surface area contributed by atoms with E-state index in [-0.39, 0.29) is 30.1 Å². The Labute approximate surface area is 288 Å². The Balaban J connectivity index is 1.03. The van der Waals surface area contributed by atoms with Gasteiger partial charge in [-0.2, -0.15) is 0 Å². The summed E-state index contributed by atoms with van der Waals surface area (Å²) in [6.45, 7) is 6.20. The number of carbonyl (C=O) groups excluding carboxylic acids is 2. The van der Waals surface area contributed by atoms with Gasteiger partial charge in [0, 0.05) is 48.3 Å². The lowest BCUT2D eigenvalue weighted by Gasteiger charge is -2.36. The van der Waals surface area contributed by atoms with E-state index in [1.54, 1.807) is 24.5 Å². The maximum absolute atomic E-state index is 14.4. The van der Waals surface area contributed by atoms with Gasteiger partial charge in [-0.3, -0.25) is 14.7 Å². The quantitative estimate of drug-likeness (QED) is 0.236. The molecule has 4 fully saturated rings. The zero-order valence-electron chi connectivity index (χ0n) is 29.0.